The Kier molecular flexibility index (Phi) is 2.15. The average molecular weight is 226 g/mol. The smallest absolute Gasteiger partial charge is 0.293 e. The Labute approximate surface area is 87.8 Å². The molecule has 6 heteroatoms. The van der Waals surface area contributed by atoms with Gasteiger partial charge in [-0.3, -0.25) is 4.90 Å². The van der Waals surface area contributed by atoms with Crippen LogP contribution in [0.3, 0.4) is 0 Å². The Bertz CT molecular complexity index is 510. The number of benzene rings is 1. The highest BCUT2D eigenvalue weighted by molar-refractivity contribution is 7.90. The highest BCUT2D eigenvalue weighted by Crippen LogP contribution is 2.28. The van der Waals surface area contributed by atoms with Crippen LogP contribution in [0, 0.1) is 0 Å². The van der Waals surface area contributed by atoms with Crippen LogP contribution in [0.15, 0.2) is 29.2 Å². The number of nitrogens with one attached hydrogen (secondary N) is 1. The number of nitrogens with zero attached hydrogens (tertiary/aromatic N) is 1. The number of fused-ring (bicyclic) bond motifs is 1. The van der Waals surface area contributed by atoms with E-state index in [0.29, 0.717) is 12.2 Å². The van der Waals surface area contributed by atoms with Crippen LogP contribution in [0.5, 0.6) is 0 Å². The maximum atomic E-state index is 11.6. The molecule has 1 aromatic rings. The molecule has 1 aliphatic heterocycles. The van der Waals surface area contributed by atoms with Gasteiger partial charge in [-0.1, -0.05) is 12.1 Å². The summed E-state index contributed by atoms with van der Waals surface area (Å²) in [7, 11) is -3.68. The van der Waals surface area contributed by atoms with Crippen LogP contribution in [0.4, 0.5) is 10.5 Å². The van der Waals surface area contributed by atoms with Crippen molar-refractivity contribution in [2.45, 2.75) is 11.8 Å². The van der Waals surface area contributed by atoms with E-state index in [1.807, 2.05) is 4.72 Å². The molecule has 1 aliphatic rings. The number of rotatable bonds is 1. The summed E-state index contributed by atoms with van der Waals surface area (Å²) in [4.78, 5) is 13.0. The third-order valence-corrected chi connectivity index (χ3v) is 3.60. The molecule has 80 valence electrons. The van der Waals surface area contributed by atoms with E-state index in [1.54, 1.807) is 25.1 Å². The van der Waals surface area contributed by atoms with Gasteiger partial charge < -0.3 is 0 Å². The molecule has 0 aromatic heterocycles. The average Bonchev–Trinajstić information content (AvgIpc) is 2.17. The molecule has 0 radical (unpaired) electrons. The Morgan fingerprint density at radius 2 is 2.00 bits per heavy atom. The van der Waals surface area contributed by atoms with E-state index in [-0.39, 0.29) is 4.90 Å². The van der Waals surface area contributed by atoms with Crippen molar-refractivity contribution >= 4 is 21.7 Å². The molecule has 0 saturated carbocycles. The molecule has 2 rings (SSSR count). The summed E-state index contributed by atoms with van der Waals surface area (Å²) in [5, 5.41) is 0. The van der Waals surface area contributed by atoms with Crippen LogP contribution in [-0.2, 0) is 10.0 Å². The molecule has 1 heterocycles. The molecule has 0 aliphatic carbocycles. The molecule has 2 amide bonds. The van der Waals surface area contributed by atoms with E-state index in [2.05, 4.69) is 0 Å². The number of urea groups is 1. The van der Waals surface area contributed by atoms with Gasteiger partial charge in [0.15, 0.2) is 0 Å². The predicted molar refractivity (Wildman–Crippen MR) is 55.2 cm³/mol. The lowest BCUT2D eigenvalue weighted by atomic mass is 10.3. The fourth-order valence-corrected chi connectivity index (χ4v) is 2.72. The topological polar surface area (TPSA) is 66.5 Å². The maximum Gasteiger partial charge on any atom is 0.335 e. The third-order valence-electron chi connectivity index (χ3n) is 2.23. The first-order valence-electron chi connectivity index (χ1n) is 4.49. The molecule has 0 unspecified atom stereocenters. The van der Waals surface area contributed by atoms with Crippen LogP contribution in [0.2, 0.25) is 0 Å². The van der Waals surface area contributed by atoms with Gasteiger partial charge in [-0.25, -0.2) is 17.9 Å². The molecule has 15 heavy (non-hydrogen) atoms. The van der Waals surface area contributed by atoms with Crippen molar-refractivity contribution in [2.24, 2.45) is 0 Å². The third kappa shape index (κ3) is 1.46. The van der Waals surface area contributed by atoms with Crippen LogP contribution in [0.25, 0.3) is 0 Å². The SMILES string of the molecule is CCN1C(=O)NS(=O)(=O)c2ccccc21. The van der Waals surface area contributed by atoms with E-state index in [4.69, 9.17) is 0 Å². The first-order chi connectivity index (χ1) is 7.06. The second kappa shape index (κ2) is 3.23. The van der Waals surface area contributed by atoms with Crippen LogP contribution < -0.4 is 9.62 Å². The minimum atomic E-state index is -3.68. The van der Waals surface area contributed by atoms with Crippen molar-refractivity contribution in [1.29, 1.82) is 0 Å². The standard InChI is InChI=1S/C9H10N2O3S/c1-2-11-7-5-3-4-6-8(7)15(13,14)10-9(11)12/h3-6H,2H2,1H3,(H,10,12). The van der Waals surface area contributed by atoms with Gasteiger partial charge in [0.1, 0.15) is 4.90 Å². The van der Waals surface area contributed by atoms with E-state index < -0.39 is 16.1 Å². The summed E-state index contributed by atoms with van der Waals surface area (Å²) in [6.45, 7) is 2.21. The highest BCUT2D eigenvalue weighted by atomic mass is 32.2. The van der Waals surface area contributed by atoms with Gasteiger partial charge in [-0.05, 0) is 19.1 Å². The van der Waals surface area contributed by atoms with Crippen molar-refractivity contribution in [2.75, 3.05) is 11.4 Å². The number of hydrogen-bond donors (Lipinski definition) is 1. The largest absolute Gasteiger partial charge is 0.335 e. The zero-order valence-corrected chi connectivity index (χ0v) is 8.91. The number of anilines is 1. The molecule has 0 atom stereocenters. The van der Waals surface area contributed by atoms with Crippen molar-refractivity contribution in [3.63, 3.8) is 0 Å². The Morgan fingerprint density at radius 1 is 1.33 bits per heavy atom. The fourth-order valence-electron chi connectivity index (χ4n) is 1.56. The monoisotopic (exact) mass is 226 g/mol. The Morgan fingerprint density at radius 3 is 2.67 bits per heavy atom. The van der Waals surface area contributed by atoms with Gasteiger partial charge in [-0.2, -0.15) is 0 Å². The first-order valence-corrected chi connectivity index (χ1v) is 5.98. The van der Waals surface area contributed by atoms with Gasteiger partial charge in [0.05, 0.1) is 5.69 Å². The lowest BCUT2D eigenvalue weighted by molar-refractivity contribution is 0.250. The van der Waals surface area contributed by atoms with Crippen LogP contribution in [-0.4, -0.2) is 21.0 Å². The van der Waals surface area contributed by atoms with E-state index in [1.165, 1.54) is 11.0 Å². The summed E-state index contributed by atoms with van der Waals surface area (Å²) in [6.07, 6.45) is 0. The highest BCUT2D eigenvalue weighted by Gasteiger charge is 2.32. The van der Waals surface area contributed by atoms with Crippen molar-refractivity contribution in [3.05, 3.63) is 24.3 Å². The normalized spacial score (nSPS) is 18.2. The Balaban J connectivity index is 2.69. The molecule has 0 spiro atoms. The number of carbonyl (C=O) groups excluding carboxylic acids is 1. The van der Waals surface area contributed by atoms with Crippen molar-refractivity contribution in [1.82, 2.24) is 4.72 Å². The zero-order valence-electron chi connectivity index (χ0n) is 8.10. The van der Waals surface area contributed by atoms with Crippen LogP contribution >= 0.6 is 0 Å². The number of sulfonamides is 1. The van der Waals surface area contributed by atoms with E-state index >= 15 is 0 Å². The fraction of sp³-hybridized carbons (Fsp3) is 0.222. The zero-order chi connectivity index (χ0) is 11.1. The number of para-hydroxylation sites is 1. The maximum absolute atomic E-state index is 11.6. The van der Waals surface area contributed by atoms with Crippen molar-refractivity contribution < 1.29 is 13.2 Å². The van der Waals surface area contributed by atoms with Gasteiger partial charge in [0.2, 0.25) is 0 Å². The summed E-state index contributed by atoms with van der Waals surface area (Å²) in [5.74, 6) is 0. The molecule has 5 nitrogen and oxygen atoms in total. The first kappa shape index (κ1) is 9.97. The minimum absolute atomic E-state index is 0.145. The van der Waals surface area contributed by atoms with Gasteiger partial charge >= 0.3 is 6.03 Å². The number of carbonyl (C=O) groups is 1. The molecule has 0 saturated heterocycles. The quantitative estimate of drug-likeness (QED) is 0.774. The molecular formula is C9H10N2O3S. The molecular weight excluding hydrogens is 216 g/mol. The molecule has 1 aromatic carbocycles. The summed E-state index contributed by atoms with van der Waals surface area (Å²) >= 11 is 0. The summed E-state index contributed by atoms with van der Waals surface area (Å²) in [5.41, 5.74) is 0.434. The molecule has 1 N–H and O–H groups in total. The Hall–Kier alpha value is -1.56. The second-order valence-electron chi connectivity index (χ2n) is 3.12. The predicted octanol–water partition coefficient (Wildman–Crippen LogP) is 0.925. The lowest BCUT2D eigenvalue weighted by Crippen LogP contribution is -2.47. The molecule has 0 fully saturated rings. The number of amides is 2. The van der Waals surface area contributed by atoms with Gasteiger partial charge in [-0.15, -0.1) is 0 Å². The van der Waals surface area contributed by atoms with Crippen molar-refractivity contribution in [3.8, 4) is 0 Å². The molecule has 0 bridgehead atoms. The second-order valence-corrected chi connectivity index (χ2v) is 4.77. The van der Waals surface area contributed by atoms with Gasteiger partial charge in [0, 0.05) is 6.54 Å². The van der Waals surface area contributed by atoms with E-state index in [9.17, 15) is 13.2 Å². The number of hydrogen-bond acceptors (Lipinski definition) is 3. The minimum Gasteiger partial charge on any atom is -0.293 e. The van der Waals surface area contributed by atoms with Crippen LogP contribution in [0.1, 0.15) is 6.92 Å². The van der Waals surface area contributed by atoms with E-state index in [0.717, 1.165) is 0 Å². The summed E-state index contributed by atoms with van der Waals surface area (Å²) < 4.78 is 25.1. The summed E-state index contributed by atoms with van der Waals surface area (Å²) in [6, 6.07) is 5.83. The lowest BCUT2D eigenvalue weighted by Gasteiger charge is -2.28. The van der Waals surface area contributed by atoms with Gasteiger partial charge in [0.25, 0.3) is 10.0 Å².